The third-order valence-electron chi connectivity index (χ3n) is 6.81. The fourth-order valence-electron chi connectivity index (χ4n) is 4.65. The zero-order valence-electron chi connectivity index (χ0n) is 21.0. The minimum Gasteiger partial charge on any atom is -0.462 e. The van der Waals surface area contributed by atoms with Gasteiger partial charge >= 0.3 is 5.97 Å². The minimum absolute atomic E-state index is 0.0000792. The topological polar surface area (TPSA) is 183 Å². The normalized spacial score (nSPS) is 29.2. The van der Waals surface area contributed by atoms with Crippen molar-refractivity contribution in [2.45, 2.75) is 63.2 Å². The summed E-state index contributed by atoms with van der Waals surface area (Å²) >= 11 is 0. The second-order valence-corrected chi connectivity index (χ2v) is 9.21. The molecule has 204 valence electrons. The van der Waals surface area contributed by atoms with Crippen molar-refractivity contribution < 1.29 is 38.3 Å². The number of fused-ring (bicyclic) bond motifs is 2. The maximum Gasteiger partial charge on any atom is 0.325 e. The van der Waals surface area contributed by atoms with Crippen LogP contribution in [0.3, 0.4) is 0 Å². The molecule has 3 aliphatic heterocycles. The van der Waals surface area contributed by atoms with Gasteiger partial charge < -0.3 is 35.8 Å². The van der Waals surface area contributed by atoms with Gasteiger partial charge in [-0.15, -0.1) is 0 Å². The van der Waals surface area contributed by atoms with Crippen molar-refractivity contribution in [3.8, 4) is 0 Å². The first-order valence-corrected chi connectivity index (χ1v) is 12.5. The highest BCUT2D eigenvalue weighted by Crippen LogP contribution is 2.20. The molecule has 37 heavy (non-hydrogen) atoms. The summed E-state index contributed by atoms with van der Waals surface area (Å²) in [4.78, 5) is 91.4. The summed E-state index contributed by atoms with van der Waals surface area (Å²) in [5.41, 5.74) is 0. The molecule has 0 aromatic rings. The molecule has 0 aromatic heterocycles. The lowest BCUT2D eigenvalue weighted by Gasteiger charge is -2.34. The number of carbonyl (C=O) groups is 7. The predicted molar refractivity (Wildman–Crippen MR) is 127 cm³/mol. The first-order chi connectivity index (χ1) is 17.7. The van der Waals surface area contributed by atoms with Crippen molar-refractivity contribution in [3.63, 3.8) is 0 Å². The molecule has 0 spiro atoms. The van der Waals surface area contributed by atoms with Gasteiger partial charge in [-0.2, -0.15) is 0 Å². The Bertz CT molecular complexity index is 956. The Labute approximate surface area is 214 Å². The van der Waals surface area contributed by atoms with E-state index in [1.807, 2.05) is 0 Å². The van der Waals surface area contributed by atoms with E-state index < -0.39 is 72.8 Å². The van der Waals surface area contributed by atoms with Gasteiger partial charge in [0.2, 0.25) is 29.5 Å². The summed E-state index contributed by atoms with van der Waals surface area (Å²) in [5, 5.41) is 10.3. The Hall–Kier alpha value is -3.55. The van der Waals surface area contributed by atoms with Crippen LogP contribution in [0.1, 0.15) is 39.0 Å². The average Bonchev–Trinajstić information content (AvgIpc) is 3.38. The number of ether oxygens (including phenoxy) is 1. The van der Waals surface area contributed by atoms with Crippen LogP contribution in [0.2, 0.25) is 0 Å². The van der Waals surface area contributed by atoms with Crippen LogP contribution in [0.25, 0.3) is 0 Å². The molecule has 3 rings (SSSR count). The molecule has 4 unspecified atom stereocenters. The molecular formula is C23H34N6O8. The summed E-state index contributed by atoms with van der Waals surface area (Å²) in [7, 11) is 1.49. The number of nitrogens with one attached hydrogen (secondary N) is 4. The van der Waals surface area contributed by atoms with Crippen molar-refractivity contribution >= 4 is 41.3 Å². The number of Topliss-reactive ketones (excluding diaryl/α,β-unsaturated/α-hetero) is 1. The zero-order valence-corrected chi connectivity index (χ0v) is 21.0. The van der Waals surface area contributed by atoms with Crippen molar-refractivity contribution in [3.05, 3.63) is 0 Å². The molecule has 4 atom stereocenters. The van der Waals surface area contributed by atoms with E-state index in [0.29, 0.717) is 19.4 Å². The lowest BCUT2D eigenvalue weighted by atomic mass is 10.00. The number of esters is 1. The molecule has 3 aliphatic rings. The van der Waals surface area contributed by atoms with Crippen LogP contribution >= 0.6 is 0 Å². The maximum atomic E-state index is 13.2. The van der Waals surface area contributed by atoms with E-state index in [1.165, 1.54) is 16.8 Å². The SMILES string of the molecule is CCC1NC(=O)C(NC)COC(=O)CNC(=O)C2CC(=O)CCN2C(=O)CNC(=O)C2CCCN2C1=O. The second-order valence-electron chi connectivity index (χ2n) is 9.21. The Morgan fingerprint density at radius 1 is 0.919 bits per heavy atom. The van der Waals surface area contributed by atoms with Crippen molar-refractivity contribution in [1.82, 2.24) is 31.1 Å². The number of cyclic esters (lactones) is 1. The molecule has 3 heterocycles. The van der Waals surface area contributed by atoms with Gasteiger partial charge in [0, 0.05) is 25.9 Å². The predicted octanol–water partition coefficient (Wildman–Crippen LogP) is -3.19. The van der Waals surface area contributed by atoms with Crippen molar-refractivity contribution in [1.29, 1.82) is 0 Å². The molecular weight excluding hydrogens is 488 g/mol. The van der Waals surface area contributed by atoms with Crippen molar-refractivity contribution in [2.75, 3.05) is 39.8 Å². The van der Waals surface area contributed by atoms with Gasteiger partial charge in [-0.1, -0.05) is 6.92 Å². The van der Waals surface area contributed by atoms with Gasteiger partial charge in [-0.25, -0.2) is 0 Å². The Balaban J connectivity index is 1.84. The molecule has 14 heteroatoms. The van der Waals surface area contributed by atoms with E-state index in [-0.39, 0.29) is 38.2 Å². The van der Waals surface area contributed by atoms with E-state index >= 15 is 0 Å². The van der Waals surface area contributed by atoms with E-state index in [1.54, 1.807) is 6.92 Å². The smallest absolute Gasteiger partial charge is 0.325 e. The molecule has 14 nitrogen and oxygen atoms in total. The third-order valence-corrected chi connectivity index (χ3v) is 6.81. The molecule has 5 amide bonds. The number of nitrogens with zero attached hydrogens (tertiary/aromatic N) is 2. The summed E-state index contributed by atoms with van der Waals surface area (Å²) in [6, 6.07) is -3.81. The largest absolute Gasteiger partial charge is 0.462 e. The fraction of sp³-hybridized carbons (Fsp3) is 0.696. The van der Waals surface area contributed by atoms with Gasteiger partial charge in [0.05, 0.1) is 6.54 Å². The molecule has 3 saturated heterocycles. The first-order valence-electron chi connectivity index (χ1n) is 12.5. The van der Waals surface area contributed by atoms with Crippen LogP contribution in [-0.4, -0.2) is 115 Å². The fourth-order valence-corrected chi connectivity index (χ4v) is 4.65. The van der Waals surface area contributed by atoms with Gasteiger partial charge in [0.25, 0.3) is 0 Å². The highest BCUT2D eigenvalue weighted by atomic mass is 16.5. The average molecular weight is 523 g/mol. The molecule has 0 aromatic carbocycles. The van der Waals surface area contributed by atoms with Gasteiger partial charge in [-0.05, 0) is 26.3 Å². The third kappa shape index (κ3) is 6.81. The zero-order chi connectivity index (χ0) is 27.1. The van der Waals surface area contributed by atoms with E-state index in [9.17, 15) is 33.6 Å². The summed E-state index contributed by atoms with van der Waals surface area (Å²) in [6.45, 7) is 0.727. The first kappa shape index (κ1) is 28.0. The van der Waals surface area contributed by atoms with E-state index in [4.69, 9.17) is 4.74 Å². The quantitative estimate of drug-likeness (QED) is 0.271. The van der Waals surface area contributed by atoms with Gasteiger partial charge in [-0.3, -0.25) is 33.6 Å². The summed E-state index contributed by atoms with van der Waals surface area (Å²) in [6.07, 6.45) is 1.10. The Kier molecular flexibility index (Phi) is 9.55. The number of ketones is 1. The number of piperidine rings is 1. The van der Waals surface area contributed by atoms with Gasteiger partial charge in [0.1, 0.15) is 43.1 Å². The molecule has 0 saturated carbocycles. The number of likely N-dealkylation sites (N-methyl/N-ethyl adjacent to an activating group) is 1. The number of hydrogen-bond acceptors (Lipinski definition) is 9. The van der Waals surface area contributed by atoms with Crippen LogP contribution in [-0.2, 0) is 38.3 Å². The lowest BCUT2D eigenvalue weighted by Crippen LogP contribution is -2.57. The number of carbonyl (C=O) groups excluding carboxylic acids is 7. The Morgan fingerprint density at radius 2 is 1.62 bits per heavy atom. The molecule has 0 radical (unpaired) electrons. The van der Waals surface area contributed by atoms with Crippen LogP contribution in [0.5, 0.6) is 0 Å². The van der Waals surface area contributed by atoms with Crippen LogP contribution in [0.15, 0.2) is 0 Å². The molecule has 4 N–H and O–H groups in total. The van der Waals surface area contributed by atoms with Crippen LogP contribution < -0.4 is 21.3 Å². The summed E-state index contributed by atoms with van der Waals surface area (Å²) in [5.74, 6) is -3.80. The minimum atomic E-state index is -1.13. The van der Waals surface area contributed by atoms with Crippen LogP contribution in [0.4, 0.5) is 0 Å². The van der Waals surface area contributed by atoms with E-state index in [0.717, 1.165) is 0 Å². The number of rotatable bonds is 2. The van der Waals surface area contributed by atoms with Crippen molar-refractivity contribution in [2.24, 2.45) is 0 Å². The highest BCUT2D eigenvalue weighted by Gasteiger charge is 2.39. The molecule has 0 bridgehead atoms. The number of amides is 5. The maximum absolute atomic E-state index is 13.2. The van der Waals surface area contributed by atoms with Gasteiger partial charge in [0.15, 0.2) is 0 Å². The molecule has 0 aliphatic carbocycles. The van der Waals surface area contributed by atoms with Crippen LogP contribution in [0, 0.1) is 0 Å². The standard InChI is InChI=1S/C23H34N6O8/c1-3-14-23(36)29-7-4-5-16(29)21(34)25-10-18(31)28-8-6-13(30)9-17(28)22(35)26-11-19(32)37-12-15(24-2)20(33)27-14/h14-17,24H,3-12H2,1-2H3,(H,25,34)(H,26,35)(H,27,33). The van der Waals surface area contributed by atoms with E-state index in [2.05, 4.69) is 21.3 Å². The Morgan fingerprint density at radius 3 is 2.32 bits per heavy atom. The summed E-state index contributed by atoms with van der Waals surface area (Å²) < 4.78 is 5.11. The lowest BCUT2D eigenvalue weighted by molar-refractivity contribution is -0.148. The highest BCUT2D eigenvalue weighted by molar-refractivity contribution is 5.98. The second kappa shape index (κ2) is 12.6. The monoisotopic (exact) mass is 522 g/mol. The number of hydrogen-bond donors (Lipinski definition) is 4. The molecule has 3 fully saturated rings.